The van der Waals surface area contributed by atoms with Crippen LogP contribution in [0.2, 0.25) is 0 Å². The maximum absolute atomic E-state index is 9.76. The summed E-state index contributed by atoms with van der Waals surface area (Å²) < 4.78 is 6.40. The van der Waals surface area contributed by atoms with Crippen LogP contribution in [0.3, 0.4) is 0 Å². The van der Waals surface area contributed by atoms with E-state index < -0.39 is 11.6 Å². The normalized spacial score (nSPS) is 13.4. The van der Waals surface area contributed by atoms with Gasteiger partial charge >= 0.3 is 0 Å². The van der Waals surface area contributed by atoms with Crippen molar-refractivity contribution in [1.82, 2.24) is 5.32 Å². The summed E-state index contributed by atoms with van der Waals surface area (Å²) in [5, 5.41) is 21.9. The standard InChI is InChI=1S/C13H20BrNO3/c1-13(2,9-16)15-7-11(17)8-18-12-5-3-4-10(14)6-12/h3-6,11,15-17H,7-9H2,1-2H3. The number of rotatable bonds is 7. The van der Waals surface area contributed by atoms with Crippen molar-refractivity contribution in [2.24, 2.45) is 0 Å². The molecule has 1 rings (SSSR count). The minimum Gasteiger partial charge on any atom is -0.491 e. The number of halogens is 1. The highest BCUT2D eigenvalue weighted by Gasteiger charge is 2.17. The van der Waals surface area contributed by atoms with E-state index in [9.17, 15) is 5.11 Å². The SMILES string of the molecule is CC(C)(CO)NCC(O)COc1cccc(Br)c1. The smallest absolute Gasteiger partial charge is 0.120 e. The maximum Gasteiger partial charge on any atom is 0.120 e. The molecule has 0 heterocycles. The van der Waals surface area contributed by atoms with Gasteiger partial charge in [-0.2, -0.15) is 0 Å². The molecule has 0 spiro atoms. The fraction of sp³-hybridized carbons (Fsp3) is 0.538. The van der Waals surface area contributed by atoms with Crippen molar-refractivity contribution in [3.8, 4) is 5.75 Å². The lowest BCUT2D eigenvalue weighted by Gasteiger charge is -2.25. The van der Waals surface area contributed by atoms with Gasteiger partial charge in [-0.3, -0.25) is 0 Å². The largest absolute Gasteiger partial charge is 0.491 e. The molecule has 1 aromatic carbocycles. The van der Waals surface area contributed by atoms with E-state index in [1.807, 2.05) is 38.1 Å². The van der Waals surface area contributed by atoms with Gasteiger partial charge in [-0.15, -0.1) is 0 Å². The molecule has 0 saturated carbocycles. The van der Waals surface area contributed by atoms with Crippen LogP contribution in [0.4, 0.5) is 0 Å². The molecule has 4 nitrogen and oxygen atoms in total. The van der Waals surface area contributed by atoms with Crippen molar-refractivity contribution >= 4 is 15.9 Å². The van der Waals surface area contributed by atoms with Gasteiger partial charge in [0, 0.05) is 16.6 Å². The Kier molecular flexibility index (Phi) is 6.08. The highest BCUT2D eigenvalue weighted by atomic mass is 79.9. The van der Waals surface area contributed by atoms with E-state index in [-0.39, 0.29) is 13.2 Å². The second-order valence-corrected chi connectivity index (χ2v) is 5.76. The van der Waals surface area contributed by atoms with Crippen molar-refractivity contribution in [1.29, 1.82) is 0 Å². The van der Waals surface area contributed by atoms with Gasteiger partial charge in [0.25, 0.3) is 0 Å². The van der Waals surface area contributed by atoms with Gasteiger partial charge in [-0.05, 0) is 32.0 Å². The average Bonchev–Trinajstić information content (AvgIpc) is 2.34. The maximum atomic E-state index is 9.76. The molecule has 1 atom stereocenters. The van der Waals surface area contributed by atoms with Gasteiger partial charge in [0.1, 0.15) is 18.5 Å². The monoisotopic (exact) mass is 317 g/mol. The molecule has 0 radical (unpaired) electrons. The van der Waals surface area contributed by atoms with Crippen LogP contribution < -0.4 is 10.1 Å². The first kappa shape index (κ1) is 15.4. The minimum atomic E-state index is -0.616. The van der Waals surface area contributed by atoms with Gasteiger partial charge in [-0.1, -0.05) is 22.0 Å². The molecule has 0 bridgehead atoms. The topological polar surface area (TPSA) is 61.7 Å². The molecule has 18 heavy (non-hydrogen) atoms. The number of nitrogens with one attached hydrogen (secondary N) is 1. The molecule has 5 heteroatoms. The van der Waals surface area contributed by atoms with Crippen LogP contribution in [-0.2, 0) is 0 Å². The van der Waals surface area contributed by atoms with E-state index in [0.717, 1.165) is 4.47 Å². The summed E-state index contributed by atoms with van der Waals surface area (Å²) in [5.74, 6) is 0.713. The molecule has 0 fully saturated rings. The van der Waals surface area contributed by atoms with Gasteiger partial charge in [-0.25, -0.2) is 0 Å². The number of benzene rings is 1. The van der Waals surface area contributed by atoms with Gasteiger partial charge in [0.15, 0.2) is 0 Å². The quantitative estimate of drug-likeness (QED) is 0.714. The zero-order chi connectivity index (χ0) is 13.6. The van der Waals surface area contributed by atoms with Crippen LogP contribution in [0, 0.1) is 0 Å². The number of aliphatic hydroxyl groups excluding tert-OH is 2. The lowest BCUT2D eigenvalue weighted by molar-refractivity contribution is 0.0906. The molecular formula is C13H20BrNO3. The molecule has 0 aliphatic carbocycles. The highest BCUT2D eigenvalue weighted by Crippen LogP contribution is 2.17. The van der Waals surface area contributed by atoms with Gasteiger partial charge in [0.2, 0.25) is 0 Å². The molecule has 1 unspecified atom stereocenters. The Labute approximate surface area is 116 Å². The first-order valence-electron chi connectivity index (χ1n) is 5.85. The van der Waals surface area contributed by atoms with Crippen LogP contribution in [0.5, 0.6) is 5.75 Å². The summed E-state index contributed by atoms with van der Waals surface area (Å²) in [6.07, 6.45) is -0.616. The van der Waals surface area contributed by atoms with Gasteiger partial charge < -0.3 is 20.3 Å². The summed E-state index contributed by atoms with van der Waals surface area (Å²) in [7, 11) is 0. The van der Waals surface area contributed by atoms with Crippen molar-refractivity contribution in [3.05, 3.63) is 28.7 Å². The van der Waals surface area contributed by atoms with Crippen LogP contribution in [0.15, 0.2) is 28.7 Å². The van der Waals surface area contributed by atoms with Crippen LogP contribution in [-0.4, -0.2) is 41.6 Å². The van der Waals surface area contributed by atoms with Crippen LogP contribution in [0.1, 0.15) is 13.8 Å². The molecule has 1 aromatic rings. The van der Waals surface area contributed by atoms with E-state index in [1.54, 1.807) is 0 Å². The summed E-state index contributed by atoms with van der Waals surface area (Å²) in [6, 6.07) is 7.47. The zero-order valence-electron chi connectivity index (χ0n) is 10.7. The number of hydrogen-bond donors (Lipinski definition) is 3. The minimum absolute atomic E-state index is 0.0200. The number of hydrogen-bond acceptors (Lipinski definition) is 4. The first-order chi connectivity index (χ1) is 8.43. The summed E-state index contributed by atoms with van der Waals surface area (Å²) in [4.78, 5) is 0. The second kappa shape index (κ2) is 7.09. The fourth-order valence-electron chi connectivity index (χ4n) is 1.26. The number of aliphatic hydroxyl groups is 2. The molecule has 0 saturated heterocycles. The van der Waals surface area contributed by atoms with Crippen molar-refractivity contribution < 1.29 is 14.9 Å². The van der Waals surface area contributed by atoms with Crippen LogP contribution in [0.25, 0.3) is 0 Å². The van der Waals surface area contributed by atoms with E-state index in [0.29, 0.717) is 12.3 Å². The third-order valence-electron chi connectivity index (χ3n) is 2.45. The molecule has 0 aliphatic rings. The van der Waals surface area contributed by atoms with E-state index in [2.05, 4.69) is 21.2 Å². The van der Waals surface area contributed by atoms with Crippen molar-refractivity contribution in [3.63, 3.8) is 0 Å². The lowest BCUT2D eigenvalue weighted by Crippen LogP contribution is -2.47. The Morgan fingerprint density at radius 1 is 1.44 bits per heavy atom. The summed E-state index contributed by atoms with van der Waals surface area (Å²) in [5.41, 5.74) is -0.392. The Balaban J connectivity index is 2.31. The number of β-amino-alcohol motifs (C(OH)–C–C–N with tert-alkyl or cyclic N) is 1. The third kappa shape index (κ3) is 5.82. The fourth-order valence-corrected chi connectivity index (χ4v) is 1.64. The van der Waals surface area contributed by atoms with Crippen molar-refractivity contribution in [2.75, 3.05) is 19.8 Å². The third-order valence-corrected chi connectivity index (χ3v) is 2.94. The van der Waals surface area contributed by atoms with Crippen LogP contribution >= 0.6 is 15.9 Å². The van der Waals surface area contributed by atoms with E-state index >= 15 is 0 Å². The number of ether oxygens (including phenoxy) is 1. The summed E-state index contributed by atoms with van der Waals surface area (Å²) in [6.45, 7) is 4.35. The average molecular weight is 318 g/mol. The summed E-state index contributed by atoms with van der Waals surface area (Å²) >= 11 is 3.35. The second-order valence-electron chi connectivity index (χ2n) is 4.85. The Hall–Kier alpha value is -0.620. The van der Waals surface area contributed by atoms with E-state index in [4.69, 9.17) is 9.84 Å². The highest BCUT2D eigenvalue weighted by molar-refractivity contribution is 9.10. The molecule has 3 N–H and O–H groups in total. The van der Waals surface area contributed by atoms with Crippen molar-refractivity contribution in [2.45, 2.75) is 25.5 Å². The molecular weight excluding hydrogens is 298 g/mol. The van der Waals surface area contributed by atoms with E-state index in [1.165, 1.54) is 0 Å². The molecule has 0 aromatic heterocycles. The predicted molar refractivity (Wildman–Crippen MR) is 74.8 cm³/mol. The zero-order valence-corrected chi connectivity index (χ0v) is 12.3. The Morgan fingerprint density at radius 3 is 2.78 bits per heavy atom. The Morgan fingerprint density at radius 2 is 2.17 bits per heavy atom. The molecule has 0 amide bonds. The Bertz CT molecular complexity index is 371. The lowest BCUT2D eigenvalue weighted by atomic mass is 10.1. The predicted octanol–water partition coefficient (Wildman–Crippen LogP) is 1.55. The molecule has 102 valence electrons. The van der Waals surface area contributed by atoms with Gasteiger partial charge in [0.05, 0.1) is 6.61 Å². The first-order valence-corrected chi connectivity index (χ1v) is 6.64. The molecule has 0 aliphatic heterocycles.